The fourth-order valence-electron chi connectivity index (χ4n) is 3.10. The summed E-state index contributed by atoms with van der Waals surface area (Å²) >= 11 is 0. The van der Waals surface area contributed by atoms with Crippen LogP contribution >= 0.6 is 0 Å². The van der Waals surface area contributed by atoms with Gasteiger partial charge in [-0.15, -0.1) is 0 Å². The van der Waals surface area contributed by atoms with Crippen LogP contribution in [-0.2, 0) is 7.05 Å². The van der Waals surface area contributed by atoms with Gasteiger partial charge in [0, 0.05) is 28.9 Å². The Kier molecular flexibility index (Phi) is 2.74. The van der Waals surface area contributed by atoms with E-state index in [0.717, 1.165) is 10.9 Å². The highest BCUT2D eigenvalue weighted by Crippen LogP contribution is 2.32. The fraction of sp³-hybridized carbons (Fsp3) is 0.0500. The Bertz CT molecular complexity index is 1030. The Balaban J connectivity index is 2.07. The van der Waals surface area contributed by atoms with Gasteiger partial charge in [0.1, 0.15) is 0 Å². The highest BCUT2D eigenvalue weighted by molar-refractivity contribution is 6.09. The Morgan fingerprint density at radius 3 is 2.18 bits per heavy atom. The predicted molar refractivity (Wildman–Crippen MR) is 90.6 cm³/mol. The van der Waals surface area contributed by atoms with Crippen molar-refractivity contribution in [3.8, 4) is 17.2 Å². The van der Waals surface area contributed by atoms with Crippen LogP contribution in [-0.4, -0.2) is 4.57 Å². The lowest BCUT2D eigenvalue weighted by molar-refractivity contribution is 1.01. The van der Waals surface area contributed by atoms with E-state index in [9.17, 15) is 0 Å². The van der Waals surface area contributed by atoms with Gasteiger partial charge in [-0.1, -0.05) is 36.4 Å². The Labute approximate surface area is 128 Å². The Morgan fingerprint density at radius 2 is 1.45 bits per heavy atom. The largest absolute Gasteiger partial charge is 0.344 e. The first-order valence-electron chi connectivity index (χ1n) is 7.25. The van der Waals surface area contributed by atoms with Gasteiger partial charge >= 0.3 is 0 Å². The van der Waals surface area contributed by atoms with Crippen LogP contribution in [0, 0.1) is 11.3 Å². The summed E-state index contributed by atoms with van der Waals surface area (Å²) < 4.78 is 2.18. The van der Waals surface area contributed by atoms with Gasteiger partial charge in [-0.05, 0) is 41.5 Å². The number of aryl methyl sites for hydroxylation is 1. The van der Waals surface area contributed by atoms with Crippen LogP contribution < -0.4 is 0 Å². The second kappa shape index (κ2) is 4.75. The molecular formula is C20H14N2. The van der Waals surface area contributed by atoms with Gasteiger partial charge in [-0.3, -0.25) is 0 Å². The third kappa shape index (κ3) is 1.80. The first-order valence-corrected chi connectivity index (χ1v) is 7.25. The quantitative estimate of drug-likeness (QED) is 0.489. The van der Waals surface area contributed by atoms with Crippen molar-refractivity contribution in [1.29, 1.82) is 5.26 Å². The molecule has 22 heavy (non-hydrogen) atoms. The van der Waals surface area contributed by atoms with Crippen LogP contribution in [0.5, 0.6) is 0 Å². The number of rotatable bonds is 1. The van der Waals surface area contributed by atoms with Crippen molar-refractivity contribution in [3.63, 3.8) is 0 Å². The van der Waals surface area contributed by atoms with E-state index < -0.39 is 0 Å². The lowest BCUT2D eigenvalue weighted by Gasteiger charge is -2.02. The molecule has 1 heterocycles. The number of fused-ring (bicyclic) bond motifs is 3. The van der Waals surface area contributed by atoms with Gasteiger partial charge in [-0.25, -0.2) is 0 Å². The zero-order valence-corrected chi connectivity index (χ0v) is 12.2. The molecular weight excluding hydrogens is 268 g/mol. The van der Waals surface area contributed by atoms with Gasteiger partial charge in [0.15, 0.2) is 0 Å². The van der Waals surface area contributed by atoms with Crippen LogP contribution in [0.15, 0.2) is 66.7 Å². The van der Waals surface area contributed by atoms with Gasteiger partial charge < -0.3 is 4.57 Å². The molecule has 0 amide bonds. The van der Waals surface area contributed by atoms with Gasteiger partial charge in [0.25, 0.3) is 0 Å². The summed E-state index contributed by atoms with van der Waals surface area (Å²) in [5.74, 6) is 0. The van der Waals surface area contributed by atoms with Gasteiger partial charge in [0.2, 0.25) is 0 Å². The maximum absolute atomic E-state index is 9.15. The standard InChI is InChI=1S/C20H14N2/c1-22-19-9-7-14(13-21)11-17(19)18-12-16(8-10-20(18)22)15-5-3-2-4-6-15/h2-12H,1H3. The molecule has 1 aromatic heterocycles. The normalized spacial score (nSPS) is 10.9. The molecule has 3 aromatic carbocycles. The molecule has 4 aromatic rings. The Morgan fingerprint density at radius 1 is 0.773 bits per heavy atom. The molecule has 0 atom stereocenters. The topological polar surface area (TPSA) is 28.7 Å². The second-order valence-corrected chi connectivity index (χ2v) is 5.50. The number of nitriles is 1. The molecule has 0 saturated carbocycles. The van der Waals surface area contributed by atoms with Crippen LogP contribution in [0.3, 0.4) is 0 Å². The molecule has 0 N–H and O–H groups in total. The maximum Gasteiger partial charge on any atom is 0.0991 e. The first-order chi connectivity index (χ1) is 10.8. The summed E-state index contributed by atoms with van der Waals surface area (Å²) in [7, 11) is 2.07. The predicted octanol–water partition coefficient (Wildman–Crippen LogP) is 4.87. The minimum atomic E-state index is 0.699. The van der Waals surface area contributed by atoms with E-state index in [0.29, 0.717) is 5.56 Å². The van der Waals surface area contributed by atoms with Gasteiger partial charge in [0.05, 0.1) is 11.6 Å². The minimum Gasteiger partial charge on any atom is -0.344 e. The van der Waals surface area contributed by atoms with Crippen LogP contribution in [0.25, 0.3) is 32.9 Å². The summed E-state index contributed by atoms with van der Waals surface area (Å²) in [6.07, 6.45) is 0. The molecule has 0 unspecified atom stereocenters. The van der Waals surface area contributed by atoms with E-state index >= 15 is 0 Å². The Hall–Kier alpha value is -3.05. The van der Waals surface area contributed by atoms with Crippen molar-refractivity contribution < 1.29 is 0 Å². The highest BCUT2D eigenvalue weighted by Gasteiger charge is 2.10. The molecule has 2 nitrogen and oxygen atoms in total. The molecule has 0 aliphatic heterocycles. The molecule has 2 heteroatoms. The first kappa shape index (κ1) is 12.7. The van der Waals surface area contributed by atoms with E-state index in [1.807, 2.05) is 24.3 Å². The summed E-state index contributed by atoms with van der Waals surface area (Å²) in [5.41, 5.74) is 5.44. The lowest BCUT2D eigenvalue weighted by atomic mass is 10.0. The summed E-state index contributed by atoms with van der Waals surface area (Å²) in [5, 5.41) is 11.5. The van der Waals surface area contributed by atoms with Crippen molar-refractivity contribution in [3.05, 3.63) is 72.3 Å². The molecule has 104 valence electrons. The summed E-state index contributed by atoms with van der Waals surface area (Å²) in [6.45, 7) is 0. The minimum absolute atomic E-state index is 0.699. The molecule has 0 radical (unpaired) electrons. The fourth-order valence-corrected chi connectivity index (χ4v) is 3.10. The van der Waals surface area contributed by atoms with E-state index in [1.165, 1.54) is 22.0 Å². The molecule has 0 aliphatic rings. The third-order valence-electron chi connectivity index (χ3n) is 4.24. The SMILES string of the molecule is Cn1c2ccc(C#N)cc2c2cc(-c3ccccc3)ccc21. The number of nitrogens with zero attached hydrogens (tertiary/aromatic N) is 2. The molecule has 0 aliphatic carbocycles. The molecule has 0 spiro atoms. The molecule has 4 rings (SSSR count). The zero-order chi connectivity index (χ0) is 15.1. The van der Waals surface area contributed by atoms with Crippen LogP contribution in [0.4, 0.5) is 0 Å². The maximum atomic E-state index is 9.15. The second-order valence-electron chi connectivity index (χ2n) is 5.50. The van der Waals surface area contributed by atoms with Gasteiger partial charge in [-0.2, -0.15) is 5.26 Å². The van der Waals surface area contributed by atoms with Crippen LogP contribution in [0.2, 0.25) is 0 Å². The lowest BCUT2D eigenvalue weighted by Crippen LogP contribution is -1.86. The summed E-state index contributed by atoms with van der Waals surface area (Å²) in [6, 6.07) is 25.0. The average Bonchev–Trinajstić information content (AvgIpc) is 2.87. The van der Waals surface area contributed by atoms with E-state index in [2.05, 4.69) is 60.1 Å². The molecule has 0 saturated heterocycles. The van der Waals surface area contributed by atoms with E-state index in [4.69, 9.17) is 5.26 Å². The highest BCUT2D eigenvalue weighted by atomic mass is 14.9. The van der Waals surface area contributed by atoms with E-state index in [-0.39, 0.29) is 0 Å². The molecule has 0 bridgehead atoms. The smallest absolute Gasteiger partial charge is 0.0991 e. The van der Waals surface area contributed by atoms with Crippen molar-refractivity contribution in [1.82, 2.24) is 4.57 Å². The van der Waals surface area contributed by atoms with Crippen molar-refractivity contribution in [2.24, 2.45) is 7.05 Å². The summed E-state index contributed by atoms with van der Waals surface area (Å²) in [4.78, 5) is 0. The number of hydrogen-bond donors (Lipinski definition) is 0. The van der Waals surface area contributed by atoms with Crippen molar-refractivity contribution >= 4 is 21.8 Å². The number of aromatic nitrogens is 1. The zero-order valence-electron chi connectivity index (χ0n) is 12.2. The third-order valence-corrected chi connectivity index (χ3v) is 4.24. The number of hydrogen-bond acceptors (Lipinski definition) is 1. The molecule has 0 fully saturated rings. The van der Waals surface area contributed by atoms with Crippen molar-refractivity contribution in [2.75, 3.05) is 0 Å². The van der Waals surface area contributed by atoms with Crippen molar-refractivity contribution in [2.45, 2.75) is 0 Å². The monoisotopic (exact) mass is 282 g/mol. The number of benzene rings is 3. The van der Waals surface area contributed by atoms with Crippen LogP contribution in [0.1, 0.15) is 5.56 Å². The average molecular weight is 282 g/mol. The van der Waals surface area contributed by atoms with E-state index in [1.54, 1.807) is 0 Å².